The summed E-state index contributed by atoms with van der Waals surface area (Å²) < 4.78 is 34.5. The topological polar surface area (TPSA) is 82.7 Å². The maximum atomic E-state index is 13.3. The van der Waals surface area contributed by atoms with Gasteiger partial charge in [0.1, 0.15) is 10.6 Å². The molecule has 9 heteroatoms. The number of nitrogens with one attached hydrogen (secondary N) is 3. The maximum Gasteiger partial charge on any atom is 0.264 e. The lowest BCUT2D eigenvalue weighted by molar-refractivity contribution is 0.415. The standard InChI is InChI=1S/C22H30N4O3S2/c1-3-4-13-23-22(30)24-18-9-12-20(26-14-5-6-15-26)21(16-18)31(27,28)25-17-7-10-19(29-2)11-8-17/h7-12,16,25H,3-6,13-15H2,1-2H3,(H2,23,24,30). The van der Waals surface area contributed by atoms with Crippen molar-refractivity contribution in [1.29, 1.82) is 0 Å². The second kappa shape index (κ2) is 10.7. The number of hydrogen-bond donors (Lipinski definition) is 3. The van der Waals surface area contributed by atoms with Crippen molar-refractivity contribution in [3.8, 4) is 5.75 Å². The Kier molecular flexibility index (Phi) is 7.97. The minimum absolute atomic E-state index is 0.228. The van der Waals surface area contributed by atoms with Gasteiger partial charge >= 0.3 is 0 Å². The molecule has 2 aromatic carbocycles. The van der Waals surface area contributed by atoms with Crippen molar-refractivity contribution in [3.63, 3.8) is 0 Å². The average Bonchev–Trinajstić information content (AvgIpc) is 3.29. The van der Waals surface area contributed by atoms with Gasteiger partial charge in [-0.25, -0.2) is 8.42 Å². The van der Waals surface area contributed by atoms with E-state index in [9.17, 15) is 8.42 Å². The fourth-order valence-corrected chi connectivity index (χ4v) is 4.98. The molecule has 0 bridgehead atoms. The monoisotopic (exact) mass is 462 g/mol. The number of unbranched alkanes of at least 4 members (excludes halogenated alkanes) is 1. The van der Waals surface area contributed by atoms with Crippen LogP contribution < -0.4 is 25.0 Å². The van der Waals surface area contributed by atoms with E-state index in [0.29, 0.717) is 27.9 Å². The van der Waals surface area contributed by atoms with Gasteiger partial charge in [0, 0.05) is 31.0 Å². The molecule has 168 valence electrons. The molecule has 0 atom stereocenters. The minimum atomic E-state index is -3.82. The van der Waals surface area contributed by atoms with E-state index in [1.165, 1.54) is 0 Å². The van der Waals surface area contributed by atoms with Crippen molar-refractivity contribution in [2.45, 2.75) is 37.5 Å². The van der Waals surface area contributed by atoms with Gasteiger partial charge < -0.3 is 20.3 Å². The lowest BCUT2D eigenvalue weighted by Gasteiger charge is -2.23. The summed E-state index contributed by atoms with van der Waals surface area (Å²) in [6.07, 6.45) is 4.19. The van der Waals surface area contributed by atoms with Crippen LogP contribution in [-0.2, 0) is 10.0 Å². The first-order valence-corrected chi connectivity index (χ1v) is 12.4. The van der Waals surface area contributed by atoms with Crippen LogP contribution >= 0.6 is 12.2 Å². The predicted molar refractivity (Wildman–Crippen MR) is 131 cm³/mol. The number of ether oxygens (including phenoxy) is 1. The lowest BCUT2D eigenvalue weighted by Crippen LogP contribution is -2.29. The summed E-state index contributed by atoms with van der Waals surface area (Å²) in [5.41, 5.74) is 1.81. The van der Waals surface area contributed by atoms with Crippen molar-refractivity contribution < 1.29 is 13.2 Å². The molecule has 1 aliphatic rings. The zero-order valence-electron chi connectivity index (χ0n) is 18.0. The van der Waals surface area contributed by atoms with Crippen LogP contribution in [0.5, 0.6) is 5.75 Å². The molecule has 3 N–H and O–H groups in total. The molecule has 1 saturated heterocycles. The van der Waals surface area contributed by atoms with Crippen LogP contribution in [0.15, 0.2) is 47.4 Å². The van der Waals surface area contributed by atoms with Crippen LogP contribution in [0, 0.1) is 0 Å². The second-order valence-electron chi connectivity index (χ2n) is 7.45. The summed E-state index contributed by atoms with van der Waals surface area (Å²) >= 11 is 5.35. The third-order valence-electron chi connectivity index (χ3n) is 5.11. The van der Waals surface area contributed by atoms with Gasteiger partial charge in [-0.1, -0.05) is 13.3 Å². The Bertz CT molecular complexity index is 988. The van der Waals surface area contributed by atoms with E-state index < -0.39 is 10.0 Å². The Balaban J connectivity index is 1.87. The van der Waals surface area contributed by atoms with Gasteiger partial charge in [-0.2, -0.15) is 0 Å². The van der Waals surface area contributed by atoms with E-state index in [4.69, 9.17) is 17.0 Å². The minimum Gasteiger partial charge on any atom is -0.497 e. The molecule has 1 heterocycles. The number of sulfonamides is 1. The number of methoxy groups -OCH3 is 1. The van der Waals surface area contributed by atoms with E-state index in [1.807, 2.05) is 12.1 Å². The molecule has 0 aromatic heterocycles. The first kappa shape index (κ1) is 23.1. The number of hydrogen-bond acceptors (Lipinski definition) is 5. The smallest absolute Gasteiger partial charge is 0.264 e. The second-order valence-corrected chi connectivity index (χ2v) is 9.50. The van der Waals surface area contributed by atoms with Crippen LogP contribution in [0.1, 0.15) is 32.6 Å². The summed E-state index contributed by atoms with van der Waals surface area (Å²) in [6.45, 7) is 4.57. The third kappa shape index (κ3) is 6.24. The number of anilines is 3. The normalized spacial score (nSPS) is 13.7. The van der Waals surface area contributed by atoms with Gasteiger partial charge in [-0.05, 0) is 73.9 Å². The summed E-state index contributed by atoms with van der Waals surface area (Å²) in [4.78, 5) is 2.34. The molecule has 0 amide bonds. The first-order valence-electron chi connectivity index (χ1n) is 10.5. The summed E-state index contributed by atoms with van der Waals surface area (Å²) in [7, 11) is -2.25. The molecular weight excluding hydrogens is 432 g/mol. The van der Waals surface area contributed by atoms with E-state index >= 15 is 0 Å². The molecule has 1 aliphatic heterocycles. The Labute approximate surface area is 190 Å². The average molecular weight is 463 g/mol. The highest BCUT2D eigenvalue weighted by molar-refractivity contribution is 7.93. The molecule has 31 heavy (non-hydrogen) atoms. The summed E-state index contributed by atoms with van der Waals surface area (Å²) in [5, 5.41) is 6.73. The molecule has 3 rings (SSSR count). The Hall–Kier alpha value is -2.52. The molecule has 0 saturated carbocycles. The lowest BCUT2D eigenvalue weighted by atomic mass is 10.2. The quantitative estimate of drug-likeness (QED) is 0.381. The highest BCUT2D eigenvalue weighted by atomic mass is 32.2. The van der Waals surface area contributed by atoms with Gasteiger partial charge in [0.15, 0.2) is 5.11 Å². The zero-order valence-corrected chi connectivity index (χ0v) is 19.6. The van der Waals surface area contributed by atoms with Crippen molar-refractivity contribution in [2.75, 3.05) is 41.7 Å². The van der Waals surface area contributed by atoms with E-state index in [0.717, 1.165) is 45.3 Å². The number of nitrogens with zero attached hydrogens (tertiary/aromatic N) is 1. The van der Waals surface area contributed by atoms with Crippen LogP contribution in [0.4, 0.5) is 17.1 Å². The number of thiocarbonyl (C=S) groups is 1. The number of rotatable bonds is 9. The molecule has 0 radical (unpaired) electrons. The predicted octanol–water partition coefficient (Wildman–Crippen LogP) is 4.18. The Morgan fingerprint density at radius 3 is 2.42 bits per heavy atom. The van der Waals surface area contributed by atoms with Crippen molar-refractivity contribution in [2.24, 2.45) is 0 Å². The Morgan fingerprint density at radius 2 is 1.77 bits per heavy atom. The van der Waals surface area contributed by atoms with Crippen LogP contribution in [0.25, 0.3) is 0 Å². The first-order chi connectivity index (χ1) is 14.9. The van der Waals surface area contributed by atoms with Crippen molar-refractivity contribution in [1.82, 2.24) is 5.32 Å². The van der Waals surface area contributed by atoms with Gasteiger partial charge in [-0.15, -0.1) is 0 Å². The van der Waals surface area contributed by atoms with Gasteiger partial charge in [-0.3, -0.25) is 4.72 Å². The SMILES string of the molecule is CCCCNC(=S)Nc1ccc(N2CCCC2)c(S(=O)(=O)Nc2ccc(OC)cc2)c1. The Morgan fingerprint density at radius 1 is 1.10 bits per heavy atom. The fraction of sp³-hybridized carbons (Fsp3) is 0.409. The molecule has 0 spiro atoms. The van der Waals surface area contributed by atoms with Crippen LogP contribution in [0.2, 0.25) is 0 Å². The van der Waals surface area contributed by atoms with Crippen molar-refractivity contribution >= 4 is 44.4 Å². The van der Waals surface area contributed by atoms with E-state index in [1.54, 1.807) is 37.4 Å². The molecule has 0 aliphatic carbocycles. The largest absolute Gasteiger partial charge is 0.497 e. The highest BCUT2D eigenvalue weighted by Crippen LogP contribution is 2.32. The summed E-state index contributed by atoms with van der Waals surface area (Å²) in [5.74, 6) is 0.663. The molecule has 2 aromatic rings. The van der Waals surface area contributed by atoms with Gasteiger partial charge in [0.2, 0.25) is 0 Å². The highest BCUT2D eigenvalue weighted by Gasteiger charge is 2.25. The molecule has 7 nitrogen and oxygen atoms in total. The van der Waals surface area contributed by atoms with Crippen molar-refractivity contribution in [3.05, 3.63) is 42.5 Å². The zero-order chi connectivity index (χ0) is 22.3. The third-order valence-corrected chi connectivity index (χ3v) is 6.77. The molecule has 0 unspecified atom stereocenters. The number of benzene rings is 2. The van der Waals surface area contributed by atoms with Gasteiger partial charge in [0.05, 0.1) is 12.8 Å². The van der Waals surface area contributed by atoms with Gasteiger partial charge in [0.25, 0.3) is 10.0 Å². The summed E-state index contributed by atoms with van der Waals surface area (Å²) in [6, 6.07) is 12.2. The van der Waals surface area contributed by atoms with E-state index in [2.05, 4.69) is 27.2 Å². The maximum absolute atomic E-state index is 13.3. The van der Waals surface area contributed by atoms with Crippen LogP contribution in [-0.4, -0.2) is 40.3 Å². The fourth-order valence-electron chi connectivity index (χ4n) is 3.45. The molecule has 1 fully saturated rings. The van der Waals surface area contributed by atoms with E-state index in [-0.39, 0.29) is 4.90 Å². The van der Waals surface area contributed by atoms with Crippen LogP contribution in [0.3, 0.4) is 0 Å². The molecular formula is C22H30N4O3S2.